The molecule has 0 radical (unpaired) electrons. The number of carbonyl (C=O) groups excluding carboxylic acids is 2. The summed E-state index contributed by atoms with van der Waals surface area (Å²) in [5.74, 6) is 0.595. The average molecular weight is 443 g/mol. The van der Waals surface area contributed by atoms with E-state index in [4.69, 9.17) is 4.74 Å². The van der Waals surface area contributed by atoms with Gasteiger partial charge in [-0.15, -0.1) is 0 Å². The fourth-order valence-corrected chi connectivity index (χ4v) is 4.57. The molecule has 1 aliphatic rings. The Kier molecular flexibility index (Phi) is 7.08. The first-order valence-electron chi connectivity index (χ1n) is 11.3. The van der Waals surface area contributed by atoms with E-state index in [1.807, 2.05) is 60.5 Å². The highest BCUT2D eigenvalue weighted by molar-refractivity contribution is 5.95. The van der Waals surface area contributed by atoms with Crippen LogP contribution in [0.2, 0.25) is 0 Å². The number of carbonyl (C=O) groups is 2. The molecule has 2 amide bonds. The molecule has 4 rings (SSSR count). The van der Waals surface area contributed by atoms with Crippen LogP contribution < -0.4 is 4.74 Å². The van der Waals surface area contributed by atoms with Crippen LogP contribution in [0.15, 0.2) is 84.9 Å². The van der Waals surface area contributed by atoms with Gasteiger partial charge in [-0.1, -0.05) is 60.7 Å². The van der Waals surface area contributed by atoms with E-state index in [-0.39, 0.29) is 23.7 Å². The van der Waals surface area contributed by atoms with E-state index in [1.165, 1.54) is 0 Å². The van der Waals surface area contributed by atoms with Crippen LogP contribution in [0.25, 0.3) is 0 Å². The third-order valence-corrected chi connectivity index (χ3v) is 6.33. The van der Waals surface area contributed by atoms with E-state index < -0.39 is 0 Å². The van der Waals surface area contributed by atoms with Gasteiger partial charge in [0.2, 0.25) is 5.91 Å². The van der Waals surface area contributed by atoms with E-state index in [9.17, 15) is 9.59 Å². The molecule has 0 N–H and O–H groups in total. The standard InChI is InChI=1S/C28H30N2O3/c1-29(18-21-9-5-3-6-10-21)27(31)25-17-24(22-11-7-4-8-12-22)19-30(20-25)28(32)23-13-15-26(33-2)16-14-23/h3-16,24-25H,17-20H2,1-2H3/t24-,25+/m0/s1. The maximum absolute atomic E-state index is 13.4. The predicted octanol–water partition coefficient (Wildman–Crippen LogP) is 4.60. The molecule has 1 saturated heterocycles. The van der Waals surface area contributed by atoms with Crippen molar-refractivity contribution in [3.63, 3.8) is 0 Å². The lowest BCUT2D eigenvalue weighted by molar-refractivity contribution is -0.136. The largest absolute Gasteiger partial charge is 0.497 e. The summed E-state index contributed by atoms with van der Waals surface area (Å²) in [5.41, 5.74) is 2.86. The lowest BCUT2D eigenvalue weighted by atomic mass is 9.83. The van der Waals surface area contributed by atoms with Gasteiger partial charge in [-0.05, 0) is 41.8 Å². The van der Waals surface area contributed by atoms with Crippen molar-refractivity contribution in [1.29, 1.82) is 0 Å². The maximum Gasteiger partial charge on any atom is 0.253 e. The number of rotatable bonds is 6. The molecule has 0 saturated carbocycles. The Morgan fingerprint density at radius 2 is 1.55 bits per heavy atom. The Labute approximate surface area is 195 Å². The third-order valence-electron chi connectivity index (χ3n) is 6.33. The van der Waals surface area contributed by atoms with Crippen molar-refractivity contribution in [1.82, 2.24) is 9.80 Å². The number of amides is 2. The molecule has 33 heavy (non-hydrogen) atoms. The number of benzene rings is 3. The highest BCUT2D eigenvalue weighted by atomic mass is 16.5. The van der Waals surface area contributed by atoms with Crippen LogP contribution in [-0.4, -0.2) is 48.9 Å². The van der Waals surface area contributed by atoms with Gasteiger partial charge >= 0.3 is 0 Å². The SMILES string of the molecule is COc1ccc(C(=O)N2C[C@H](C(=O)N(C)Cc3ccccc3)C[C@H](c3ccccc3)C2)cc1. The van der Waals surface area contributed by atoms with Crippen LogP contribution in [0.5, 0.6) is 5.75 Å². The number of hydrogen-bond acceptors (Lipinski definition) is 3. The first kappa shape index (κ1) is 22.6. The molecule has 3 aromatic carbocycles. The Hall–Kier alpha value is -3.60. The van der Waals surface area contributed by atoms with Crippen molar-refractivity contribution in [2.75, 3.05) is 27.2 Å². The summed E-state index contributed by atoms with van der Waals surface area (Å²) in [6.45, 7) is 1.58. The fourth-order valence-electron chi connectivity index (χ4n) is 4.57. The average Bonchev–Trinajstić information content (AvgIpc) is 2.88. The smallest absolute Gasteiger partial charge is 0.253 e. The summed E-state index contributed by atoms with van der Waals surface area (Å²) < 4.78 is 5.22. The number of ether oxygens (including phenoxy) is 1. The van der Waals surface area contributed by atoms with Crippen molar-refractivity contribution in [2.45, 2.75) is 18.9 Å². The molecular weight excluding hydrogens is 412 g/mol. The maximum atomic E-state index is 13.4. The molecule has 2 atom stereocenters. The van der Waals surface area contributed by atoms with Crippen LogP contribution in [0.3, 0.4) is 0 Å². The second-order valence-corrected chi connectivity index (χ2v) is 8.66. The molecule has 5 nitrogen and oxygen atoms in total. The number of likely N-dealkylation sites (tertiary alicyclic amines) is 1. The summed E-state index contributed by atoms with van der Waals surface area (Å²) in [7, 11) is 3.45. The molecule has 0 aliphatic carbocycles. The summed E-state index contributed by atoms with van der Waals surface area (Å²) in [6, 6.07) is 27.3. The Morgan fingerprint density at radius 1 is 0.909 bits per heavy atom. The molecule has 170 valence electrons. The Morgan fingerprint density at radius 3 is 2.18 bits per heavy atom. The Bertz CT molecular complexity index is 1070. The molecule has 5 heteroatoms. The van der Waals surface area contributed by atoms with Crippen molar-refractivity contribution in [3.05, 3.63) is 102 Å². The zero-order valence-electron chi connectivity index (χ0n) is 19.2. The van der Waals surface area contributed by atoms with E-state index >= 15 is 0 Å². The molecule has 1 fully saturated rings. The fraction of sp³-hybridized carbons (Fsp3) is 0.286. The molecular formula is C28H30N2O3. The van der Waals surface area contributed by atoms with Crippen molar-refractivity contribution < 1.29 is 14.3 Å². The van der Waals surface area contributed by atoms with Crippen molar-refractivity contribution >= 4 is 11.8 Å². The lowest BCUT2D eigenvalue weighted by Gasteiger charge is -2.39. The number of hydrogen-bond donors (Lipinski definition) is 0. The molecule has 1 heterocycles. The molecule has 0 aromatic heterocycles. The number of methoxy groups -OCH3 is 1. The molecule has 0 spiro atoms. The van der Waals surface area contributed by atoms with Crippen LogP contribution in [-0.2, 0) is 11.3 Å². The van der Waals surface area contributed by atoms with E-state index in [0.717, 1.165) is 17.5 Å². The van der Waals surface area contributed by atoms with Gasteiger partial charge in [-0.25, -0.2) is 0 Å². The number of piperidine rings is 1. The van der Waals surface area contributed by atoms with E-state index in [1.54, 1.807) is 36.3 Å². The van der Waals surface area contributed by atoms with Crippen LogP contribution >= 0.6 is 0 Å². The van der Waals surface area contributed by atoms with Crippen LogP contribution in [0.1, 0.15) is 33.8 Å². The second kappa shape index (κ2) is 10.3. The minimum absolute atomic E-state index is 0.0539. The van der Waals surface area contributed by atoms with Gasteiger partial charge in [0.1, 0.15) is 5.75 Å². The first-order chi connectivity index (χ1) is 16.0. The summed E-state index contributed by atoms with van der Waals surface area (Å²) in [6.07, 6.45) is 0.731. The van der Waals surface area contributed by atoms with Crippen LogP contribution in [0.4, 0.5) is 0 Å². The second-order valence-electron chi connectivity index (χ2n) is 8.66. The van der Waals surface area contributed by atoms with Gasteiger partial charge < -0.3 is 14.5 Å². The minimum atomic E-state index is -0.250. The highest BCUT2D eigenvalue weighted by Crippen LogP contribution is 2.32. The molecule has 1 aliphatic heterocycles. The van der Waals surface area contributed by atoms with Gasteiger partial charge in [-0.3, -0.25) is 9.59 Å². The first-order valence-corrected chi connectivity index (χ1v) is 11.3. The van der Waals surface area contributed by atoms with Gasteiger partial charge in [-0.2, -0.15) is 0 Å². The summed E-state index contributed by atoms with van der Waals surface area (Å²) >= 11 is 0. The van der Waals surface area contributed by atoms with Crippen molar-refractivity contribution in [2.24, 2.45) is 5.92 Å². The summed E-state index contributed by atoms with van der Waals surface area (Å²) in [4.78, 5) is 30.4. The summed E-state index contributed by atoms with van der Waals surface area (Å²) in [5, 5.41) is 0. The van der Waals surface area contributed by atoms with Gasteiger partial charge in [0.15, 0.2) is 0 Å². The minimum Gasteiger partial charge on any atom is -0.497 e. The lowest BCUT2D eigenvalue weighted by Crippen LogP contribution is -2.48. The van der Waals surface area contributed by atoms with Gasteiger partial charge in [0, 0.05) is 38.2 Å². The van der Waals surface area contributed by atoms with Gasteiger partial charge in [0.05, 0.1) is 13.0 Å². The van der Waals surface area contributed by atoms with E-state index in [2.05, 4.69) is 12.1 Å². The third kappa shape index (κ3) is 5.43. The normalized spacial score (nSPS) is 17.9. The topological polar surface area (TPSA) is 49.9 Å². The zero-order valence-corrected chi connectivity index (χ0v) is 19.2. The van der Waals surface area contributed by atoms with E-state index in [0.29, 0.717) is 30.9 Å². The predicted molar refractivity (Wildman–Crippen MR) is 129 cm³/mol. The molecule has 0 unspecified atom stereocenters. The Balaban J connectivity index is 1.55. The molecule has 3 aromatic rings. The van der Waals surface area contributed by atoms with Crippen LogP contribution in [0, 0.1) is 5.92 Å². The highest BCUT2D eigenvalue weighted by Gasteiger charge is 2.36. The van der Waals surface area contributed by atoms with Gasteiger partial charge in [0.25, 0.3) is 5.91 Å². The zero-order chi connectivity index (χ0) is 23.2. The van der Waals surface area contributed by atoms with Crippen molar-refractivity contribution in [3.8, 4) is 5.75 Å². The molecule has 0 bridgehead atoms. The monoisotopic (exact) mass is 442 g/mol. The number of nitrogens with zero attached hydrogens (tertiary/aromatic N) is 2. The quantitative estimate of drug-likeness (QED) is 0.561.